The highest BCUT2D eigenvalue weighted by Gasteiger charge is 2.32. The largest absolute Gasteiger partial charge is 0.336 e. The predicted octanol–water partition coefficient (Wildman–Crippen LogP) is 2.44. The molecule has 0 bridgehead atoms. The van der Waals surface area contributed by atoms with E-state index in [-0.39, 0.29) is 22.9 Å². The third kappa shape index (κ3) is 4.65. The third-order valence-corrected chi connectivity index (χ3v) is 7.79. The molecule has 8 heteroatoms. The monoisotopic (exact) mass is 413 g/mol. The highest BCUT2D eigenvalue weighted by atomic mass is 35.5. The second kappa shape index (κ2) is 8.47. The number of benzene rings is 1. The molecule has 150 valence electrons. The average molecular weight is 414 g/mol. The summed E-state index contributed by atoms with van der Waals surface area (Å²) in [5.41, 5.74) is 0. The number of likely N-dealkylation sites (tertiary alicyclic amines) is 1. The Balaban J connectivity index is 1.57. The van der Waals surface area contributed by atoms with E-state index >= 15 is 0 Å². The average Bonchev–Trinajstić information content (AvgIpc) is 2.62. The summed E-state index contributed by atoms with van der Waals surface area (Å²) >= 11 is 5.85. The molecule has 2 saturated heterocycles. The van der Waals surface area contributed by atoms with Gasteiger partial charge in [0.1, 0.15) is 0 Å². The van der Waals surface area contributed by atoms with E-state index in [4.69, 9.17) is 11.6 Å². The van der Waals surface area contributed by atoms with E-state index in [1.807, 2.05) is 4.90 Å². The van der Waals surface area contributed by atoms with Crippen molar-refractivity contribution in [3.63, 3.8) is 0 Å². The Morgan fingerprint density at radius 1 is 1.04 bits per heavy atom. The molecular weight excluding hydrogens is 386 g/mol. The molecule has 2 heterocycles. The summed E-state index contributed by atoms with van der Waals surface area (Å²) in [6.07, 6.45) is 3.29. The smallest absolute Gasteiger partial charge is 0.243 e. The van der Waals surface area contributed by atoms with Crippen LogP contribution in [0.15, 0.2) is 29.2 Å². The number of hydrogen-bond donors (Lipinski definition) is 0. The van der Waals surface area contributed by atoms with Crippen molar-refractivity contribution < 1.29 is 13.2 Å². The molecule has 2 aliphatic rings. The van der Waals surface area contributed by atoms with Crippen LogP contribution in [0.4, 0.5) is 0 Å². The van der Waals surface area contributed by atoms with E-state index in [2.05, 4.69) is 18.7 Å². The van der Waals surface area contributed by atoms with Gasteiger partial charge in [-0.1, -0.05) is 11.6 Å². The first-order valence-electron chi connectivity index (χ1n) is 9.58. The normalized spacial score (nSPS) is 25.5. The maximum Gasteiger partial charge on any atom is 0.243 e. The maximum absolute atomic E-state index is 12.8. The Bertz CT molecular complexity index is 751. The molecule has 0 saturated carbocycles. The van der Waals surface area contributed by atoms with Crippen LogP contribution in [-0.4, -0.2) is 73.2 Å². The van der Waals surface area contributed by atoms with Crippen molar-refractivity contribution in [3.8, 4) is 0 Å². The minimum absolute atomic E-state index is 0.156. The van der Waals surface area contributed by atoms with Crippen molar-refractivity contribution in [1.82, 2.24) is 14.1 Å². The molecule has 27 heavy (non-hydrogen) atoms. The highest BCUT2D eigenvalue weighted by Crippen LogP contribution is 2.23. The molecule has 2 atom stereocenters. The predicted molar refractivity (Wildman–Crippen MR) is 106 cm³/mol. The zero-order chi connectivity index (χ0) is 19.6. The number of carbonyl (C=O) groups is 1. The SMILES string of the molecule is C[C@@H]1CCC[C@@H](C)N1C(=O)CN1CCN(S(=O)(=O)c2ccc(Cl)cc2)CC1. The van der Waals surface area contributed by atoms with Crippen LogP contribution in [0.5, 0.6) is 0 Å². The van der Waals surface area contributed by atoms with Gasteiger partial charge in [0.05, 0.1) is 11.4 Å². The fourth-order valence-electron chi connectivity index (χ4n) is 4.07. The Labute approximate surface area is 167 Å². The molecule has 1 aromatic rings. The van der Waals surface area contributed by atoms with E-state index in [0.717, 1.165) is 12.8 Å². The lowest BCUT2D eigenvalue weighted by molar-refractivity contribution is -0.138. The number of piperazine rings is 1. The van der Waals surface area contributed by atoms with Crippen LogP contribution in [0.3, 0.4) is 0 Å². The van der Waals surface area contributed by atoms with Crippen LogP contribution < -0.4 is 0 Å². The van der Waals surface area contributed by atoms with Crippen LogP contribution in [0.25, 0.3) is 0 Å². The zero-order valence-electron chi connectivity index (χ0n) is 16.0. The van der Waals surface area contributed by atoms with E-state index in [9.17, 15) is 13.2 Å². The molecule has 1 amide bonds. The van der Waals surface area contributed by atoms with Crippen molar-refractivity contribution in [3.05, 3.63) is 29.3 Å². The molecule has 2 aliphatic heterocycles. The zero-order valence-corrected chi connectivity index (χ0v) is 17.5. The van der Waals surface area contributed by atoms with Gasteiger partial charge in [-0.25, -0.2) is 8.42 Å². The summed E-state index contributed by atoms with van der Waals surface area (Å²) in [4.78, 5) is 17.1. The first-order valence-corrected chi connectivity index (χ1v) is 11.4. The Kier molecular flexibility index (Phi) is 6.46. The van der Waals surface area contributed by atoms with Crippen molar-refractivity contribution >= 4 is 27.5 Å². The van der Waals surface area contributed by atoms with Gasteiger partial charge in [0.25, 0.3) is 0 Å². The number of piperidine rings is 1. The van der Waals surface area contributed by atoms with Gasteiger partial charge in [0, 0.05) is 43.3 Å². The third-order valence-electron chi connectivity index (χ3n) is 5.62. The van der Waals surface area contributed by atoms with Gasteiger partial charge in [-0.15, -0.1) is 0 Å². The minimum Gasteiger partial charge on any atom is -0.336 e. The van der Waals surface area contributed by atoms with E-state index in [0.29, 0.717) is 37.7 Å². The fourth-order valence-corrected chi connectivity index (χ4v) is 5.62. The first kappa shape index (κ1) is 20.6. The first-order chi connectivity index (χ1) is 12.8. The summed E-state index contributed by atoms with van der Waals surface area (Å²) in [5, 5.41) is 0.512. The van der Waals surface area contributed by atoms with E-state index in [1.165, 1.54) is 22.9 Å². The number of hydrogen-bond acceptors (Lipinski definition) is 4. The number of amides is 1. The molecule has 3 rings (SSSR count). The Morgan fingerprint density at radius 3 is 2.15 bits per heavy atom. The summed E-state index contributed by atoms with van der Waals surface area (Å²) in [6.45, 7) is 6.51. The summed E-state index contributed by atoms with van der Waals surface area (Å²) in [7, 11) is -3.52. The molecule has 0 aliphatic carbocycles. The minimum atomic E-state index is -3.52. The van der Waals surface area contributed by atoms with Crippen LogP contribution in [0.2, 0.25) is 5.02 Å². The summed E-state index contributed by atoms with van der Waals surface area (Å²) in [6, 6.07) is 6.81. The van der Waals surface area contributed by atoms with Crippen molar-refractivity contribution in [2.24, 2.45) is 0 Å². The number of sulfonamides is 1. The van der Waals surface area contributed by atoms with Crippen LogP contribution in [-0.2, 0) is 14.8 Å². The molecule has 0 spiro atoms. The van der Waals surface area contributed by atoms with Gasteiger partial charge in [0.15, 0.2) is 0 Å². The quantitative estimate of drug-likeness (QED) is 0.760. The van der Waals surface area contributed by atoms with Crippen LogP contribution in [0, 0.1) is 0 Å². The fraction of sp³-hybridized carbons (Fsp3) is 0.632. The van der Waals surface area contributed by atoms with Gasteiger partial charge in [-0.2, -0.15) is 4.31 Å². The second-order valence-electron chi connectivity index (χ2n) is 7.56. The summed E-state index contributed by atoms with van der Waals surface area (Å²) in [5.74, 6) is 0.156. The van der Waals surface area contributed by atoms with Gasteiger partial charge in [0.2, 0.25) is 15.9 Å². The maximum atomic E-state index is 12.8. The van der Waals surface area contributed by atoms with Gasteiger partial charge < -0.3 is 4.90 Å². The molecular formula is C19H28ClN3O3S. The van der Waals surface area contributed by atoms with Crippen molar-refractivity contribution in [2.45, 2.75) is 50.1 Å². The Morgan fingerprint density at radius 2 is 1.59 bits per heavy atom. The number of halogens is 1. The lowest BCUT2D eigenvalue weighted by Crippen LogP contribution is -2.54. The topological polar surface area (TPSA) is 60.9 Å². The molecule has 0 N–H and O–H groups in total. The van der Waals surface area contributed by atoms with E-state index in [1.54, 1.807) is 12.1 Å². The van der Waals surface area contributed by atoms with Crippen molar-refractivity contribution in [2.75, 3.05) is 32.7 Å². The standard InChI is InChI=1S/C19H28ClN3O3S/c1-15-4-3-5-16(2)23(15)19(24)14-21-10-12-22(13-11-21)27(25,26)18-8-6-17(20)7-9-18/h6-9,15-16H,3-5,10-14H2,1-2H3/t15-,16-/m1/s1. The van der Waals surface area contributed by atoms with Gasteiger partial charge in [-0.3, -0.25) is 9.69 Å². The molecule has 2 fully saturated rings. The van der Waals surface area contributed by atoms with Gasteiger partial charge >= 0.3 is 0 Å². The van der Waals surface area contributed by atoms with Gasteiger partial charge in [-0.05, 0) is 57.4 Å². The Hall–Kier alpha value is -1.15. The lowest BCUT2D eigenvalue weighted by Gasteiger charge is -2.41. The molecule has 0 radical (unpaired) electrons. The number of rotatable bonds is 4. The van der Waals surface area contributed by atoms with E-state index < -0.39 is 10.0 Å². The molecule has 1 aromatic carbocycles. The van der Waals surface area contributed by atoms with Crippen LogP contribution in [0.1, 0.15) is 33.1 Å². The second-order valence-corrected chi connectivity index (χ2v) is 9.94. The highest BCUT2D eigenvalue weighted by molar-refractivity contribution is 7.89. The number of carbonyl (C=O) groups excluding carboxylic acids is 1. The number of nitrogens with zero attached hydrogens (tertiary/aromatic N) is 3. The molecule has 6 nitrogen and oxygen atoms in total. The summed E-state index contributed by atoms with van der Waals surface area (Å²) < 4.78 is 27.0. The van der Waals surface area contributed by atoms with Crippen molar-refractivity contribution in [1.29, 1.82) is 0 Å². The molecule has 0 aromatic heterocycles. The van der Waals surface area contributed by atoms with Crippen LogP contribution >= 0.6 is 11.6 Å². The molecule has 0 unspecified atom stereocenters. The lowest BCUT2D eigenvalue weighted by atomic mass is 9.97.